The molecule has 1 aliphatic heterocycles. The summed E-state index contributed by atoms with van der Waals surface area (Å²) in [6.07, 6.45) is 3.28. The highest BCUT2D eigenvalue weighted by molar-refractivity contribution is 5.92. The zero-order valence-electron chi connectivity index (χ0n) is 12.1. The van der Waals surface area contributed by atoms with Crippen molar-refractivity contribution in [1.82, 2.24) is 5.32 Å². The molecule has 1 saturated heterocycles. The third kappa shape index (κ3) is 5.16. The molecule has 3 N–H and O–H groups in total. The maximum atomic E-state index is 11.9. The molecule has 122 valence electrons. The Hall–Kier alpha value is -1.86. The first-order chi connectivity index (χ1) is 10.1. The standard InChI is InChI=1S/C14H19N3O4.ClH/c18-13-3-2-11(17(20)21)9-12(13)16-14(19)4-1-10-5-7-15-8-6-10;/h2-3,9-10,15,18H,1,4-8H2,(H,16,19);1H. The van der Waals surface area contributed by atoms with Gasteiger partial charge in [0.25, 0.3) is 5.69 Å². The molecule has 1 fully saturated rings. The molecule has 1 aromatic rings. The van der Waals surface area contributed by atoms with Crippen LogP contribution < -0.4 is 10.6 Å². The molecule has 0 aromatic heterocycles. The van der Waals surface area contributed by atoms with Crippen molar-refractivity contribution in [3.05, 3.63) is 28.3 Å². The minimum atomic E-state index is -0.565. The Morgan fingerprint density at radius 2 is 2.09 bits per heavy atom. The highest BCUT2D eigenvalue weighted by Gasteiger charge is 2.16. The molecule has 0 bridgehead atoms. The van der Waals surface area contributed by atoms with Crippen LogP contribution in [0.1, 0.15) is 25.7 Å². The molecular formula is C14H20ClN3O4. The highest BCUT2D eigenvalue weighted by atomic mass is 35.5. The number of nitrogens with one attached hydrogen (secondary N) is 2. The van der Waals surface area contributed by atoms with Crippen molar-refractivity contribution in [2.24, 2.45) is 5.92 Å². The second kappa shape index (κ2) is 8.55. The summed E-state index contributed by atoms with van der Waals surface area (Å²) < 4.78 is 0. The molecule has 0 spiro atoms. The Morgan fingerprint density at radius 1 is 1.41 bits per heavy atom. The largest absolute Gasteiger partial charge is 0.506 e. The number of phenolic OH excluding ortho intramolecular Hbond substituents is 1. The van der Waals surface area contributed by atoms with Crippen LogP contribution in [0.15, 0.2) is 18.2 Å². The van der Waals surface area contributed by atoms with Gasteiger partial charge in [0.1, 0.15) is 5.75 Å². The highest BCUT2D eigenvalue weighted by Crippen LogP contribution is 2.28. The molecule has 1 aliphatic rings. The van der Waals surface area contributed by atoms with Crippen molar-refractivity contribution < 1.29 is 14.8 Å². The van der Waals surface area contributed by atoms with E-state index in [1.807, 2.05) is 0 Å². The molecule has 1 aromatic carbocycles. The molecule has 8 heteroatoms. The number of hydrogen-bond donors (Lipinski definition) is 3. The van der Waals surface area contributed by atoms with Gasteiger partial charge in [-0.25, -0.2) is 0 Å². The third-order valence-corrected chi connectivity index (χ3v) is 3.70. The third-order valence-electron chi connectivity index (χ3n) is 3.70. The van der Waals surface area contributed by atoms with Crippen LogP contribution in [0.2, 0.25) is 0 Å². The number of carbonyl (C=O) groups excluding carboxylic acids is 1. The zero-order valence-corrected chi connectivity index (χ0v) is 12.9. The molecule has 1 amide bonds. The molecule has 2 rings (SSSR count). The topological polar surface area (TPSA) is 104 Å². The number of aromatic hydroxyl groups is 1. The SMILES string of the molecule is Cl.O=C(CCC1CCNCC1)Nc1cc([N+](=O)[O-])ccc1O. The van der Waals surface area contributed by atoms with Crippen molar-refractivity contribution in [3.8, 4) is 5.75 Å². The first-order valence-corrected chi connectivity index (χ1v) is 7.04. The number of halogens is 1. The minimum absolute atomic E-state index is 0. The fourth-order valence-electron chi connectivity index (χ4n) is 2.46. The van der Waals surface area contributed by atoms with Crippen LogP contribution in [-0.4, -0.2) is 29.0 Å². The maximum Gasteiger partial charge on any atom is 0.271 e. The van der Waals surface area contributed by atoms with Crippen molar-refractivity contribution in [2.75, 3.05) is 18.4 Å². The number of non-ortho nitro benzene ring substituents is 1. The second-order valence-corrected chi connectivity index (χ2v) is 5.24. The maximum absolute atomic E-state index is 11.9. The summed E-state index contributed by atoms with van der Waals surface area (Å²) in [5.41, 5.74) is -0.0824. The summed E-state index contributed by atoms with van der Waals surface area (Å²) in [4.78, 5) is 22.0. The van der Waals surface area contributed by atoms with E-state index in [9.17, 15) is 20.0 Å². The lowest BCUT2D eigenvalue weighted by Crippen LogP contribution is -2.28. The van der Waals surface area contributed by atoms with Crippen LogP contribution in [0.5, 0.6) is 5.75 Å². The Labute approximate surface area is 134 Å². The minimum Gasteiger partial charge on any atom is -0.506 e. The smallest absolute Gasteiger partial charge is 0.271 e. The van der Waals surface area contributed by atoms with Gasteiger partial charge in [-0.05, 0) is 44.3 Å². The zero-order chi connectivity index (χ0) is 15.2. The summed E-state index contributed by atoms with van der Waals surface area (Å²) >= 11 is 0. The Morgan fingerprint density at radius 3 is 2.73 bits per heavy atom. The summed E-state index contributed by atoms with van der Waals surface area (Å²) in [6, 6.07) is 3.57. The Balaban J connectivity index is 0.00000242. The molecule has 0 aliphatic carbocycles. The van der Waals surface area contributed by atoms with Gasteiger partial charge in [0, 0.05) is 18.6 Å². The number of rotatable bonds is 5. The van der Waals surface area contributed by atoms with E-state index < -0.39 is 4.92 Å². The molecule has 0 radical (unpaired) electrons. The van der Waals surface area contributed by atoms with Crippen LogP contribution in [0.3, 0.4) is 0 Å². The average Bonchev–Trinajstić information content (AvgIpc) is 2.48. The number of anilines is 1. The van der Waals surface area contributed by atoms with Crippen molar-refractivity contribution in [2.45, 2.75) is 25.7 Å². The number of amides is 1. The van der Waals surface area contributed by atoms with Crippen molar-refractivity contribution in [3.63, 3.8) is 0 Å². The average molecular weight is 330 g/mol. The summed E-state index contributed by atoms with van der Waals surface area (Å²) in [5.74, 6) is 0.135. The molecule has 22 heavy (non-hydrogen) atoms. The normalized spacial score (nSPS) is 14.9. The first-order valence-electron chi connectivity index (χ1n) is 7.04. The first kappa shape index (κ1) is 18.2. The number of nitro groups is 1. The fraction of sp³-hybridized carbons (Fsp3) is 0.500. The van der Waals surface area contributed by atoms with Gasteiger partial charge in [0.15, 0.2) is 0 Å². The number of benzene rings is 1. The monoisotopic (exact) mass is 329 g/mol. The number of phenols is 1. The van der Waals surface area contributed by atoms with Gasteiger partial charge < -0.3 is 15.7 Å². The van der Waals surface area contributed by atoms with Gasteiger partial charge in [-0.2, -0.15) is 0 Å². The van der Waals surface area contributed by atoms with Gasteiger partial charge in [-0.1, -0.05) is 0 Å². The number of piperidine rings is 1. The molecule has 0 unspecified atom stereocenters. The lowest BCUT2D eigenvalue weighted by Gasteiger charge is -2.22. The van der Waals surface area contributed by atoms with Crippen LogP contribution in [0.4, 0.5) is 11.4 Å². The molecule has 7 nitrogen and oxygen atoms in total. The van der Waals surface area contributed by atoms with E-state index >= 15 is 0 Å². The van der Waals surface area contributed by atoms with Crippen LogP contribution in [0, 0.1) is 16.0 Å². The molecular weight excluding hydrogens is 310 g/mol. The number of nitro benzene ring substituents is 1. The van der Waals surface area contributed by atoms with E-state index in [1.165, 1.54) is 12.1 Å². The van der Waals surface area contributed by atoms with Crippen LogP contribution in [-0.2, 0) is 4.79 Å². The molecule has 1 heterocycles. The molecule has 0 saturated carbocycles. The number of hydrogen-bond acceptors (Lipinski definition) is 5. The van der Waals surface area contributed by atoms with Gasteiger partial charge in [0.2, 0.25) is 5.91 Å². The van der Waals surface area contributed by atoms with Crippen molar-refractivity contribution in [1.29, 1.82) is 0 Å². The van der Waals surface area contributed by atoms with E-state index in [2.05, 4.69) is 10.6 Å². The van der Waals surface area contributed by atoms with E-state index in [0.29, 0.717) is 12.3 Å². The number of nitrogens with zero attached hydrogens (tertiary/aromatic N) is 1. The van der Waals surface area contributed by atoms with Gasteiger partial charge in [0.05, 0.1) is 10.6 Å². The summed E-state index contributed by atoms with van der Waals surface area (Å²) in [5, 5.41) is 26.1. The Bertz CT molecular complexity index is 533. The van der Waals surface area contributed by atoms with Gasteiger partial charge in [-0.3, -0.25) is 14.9 Å². The van der Waals surface area contributed by atoms with Gasteiger partial charge >= 0.3 is 0 Å². The lowest BCUT2D eigenvalue weighted by atomic mass is 9.93. The van der Waals surface area contributed by atoms with Crippen molar-refractivity contribution >= 4 is 29.7 Å². The predicted molar refractivity (Wildman–Crippen MR) is 85.5 cm³/mol. The van der Waals surface area contributed by atoms with Gasteiger partial charge in [-0.15, -0.1) is 12.4 Å². The van der Waals surface area contributed by atoms with E-state index in [-0.39, 0.29) is 35.4 Å². The second-order valence-electron chi connectivity index (χ2n) is 5.24. The number of carbonyl (C=O) groups is 1. The van der Waals surface area contributed by atoms with Crippen LogP contribution in [0.25, 0.3) is 0 Å². The predicted octanol–water partition coefficient (Wildman–Crippen LogP) is 2.44. The fourth-order valence-corrected chi connectivity index (χ4v) is 2.46. The summed E-state index contributed by atoms with van der Waals surface area (Å²) in [7, 11) is 0. The quantitative estimate of drug-likeness (QED) is 0.437. The van der Waals surface area contributed by atoms with Crippen LogP contribution >= 0.6 is 12.4 Å². The molecule has 0 atom stereocenters. The van der Waals surface area contributed by atoms with E-state index in [1.54, 1.807) is 0 Å². The lowest BCUT2D eigenvalue weighted by molar-refractivity contribution is -0.384. The van der Waals surface area contributed by atoms with E-state index in [0.717, 1.165) is 38.4 Å². The van der Waals surface area contributed by atoms with E-state index in [4.69, 9.17) is 0 Å². The summed E-state index contributed by atoms with van der Waals surface area (Å²) in [6.45, 7) is 1.97. The Kier molecular flexibility index (Phi) is 7.07.